The van der Waals surface area contributed by atoms with Crippen LogP contribution in [0.4, 0.5) is 4.39 Å². The van der Waals surface area contributed by atoms with E-state index in [1.165, 1.54) is 12.1 Å². The van der Waals surface area contributed by atoms with Gasteiger partial charge in [0.15, 0.2) is 0 Å². The summed E-state index contributed by atoms with van der Waals surface area (Å²) in [4.78, 5) is 0. The van der Waals surface area contributed by atoms with Gasteiger partial charge in [-0.15, -0.1) is 0 Å². The minimum atomic E-state index is -0.963. The Morgan fingerprint density at radius 2 is 2.13 bits per heavy atom. The average molecular weight is 298 g/mol. The lowest BCUT2D eigenvalue weighted by Crippen LogP contribution is -2.27. The van der Waals surface area contributed by atoms with Crippen molar-refractivity contribution in [1.82, 2.24) is 0 Å². The van der Waals surface area contributed by atoms with Gasteiger partial charge >= 0.3 is 0 Å². The Bertz CT molecular complexity index is 363. The lowest BCUT2D eigenvalue weighted by molar-refractivity contribution is 0.0281. The smallest absolute Gasteiger partial charge is 0.145 e. The van der Waals surface area contributed by atoms with E-state index in [2.05, 4.69) is 15.9 Å². The van der Waals surface area contributed by atoms with Crippen LogP contribution in [0.1, 0.15) is 13.8 Å². The molecule has 0 atom stereocenters. The Balaban J connectivity index is 2.82. The molecule has 0 aliphatic heterocycles. The molecule has 0 bridgehead atoms. The van der Waals surface area contributed by atoms with Crippen LogP contribution in [0.5, 0.6) is 5.75 Å². The maximum atomic E-state index is 13.1. The third kappa shape index (κ3) is 3.97. The fraction of sp³-hybridized carbons (Fsp3) is 0.400. The minimum Gasteiger partial charge on any atom is -0.489 e. The van der Waals surface area contributed by atoms with Crippen molar-refractivity contribution in [2.45, 2.75) is 19.4 Å². The molecule has 0 aliphatic rings. The number of aliphatic hydroxyl groups is 1. The Morgan fingerprint density at radius 3 is 2.67 bits per heavy atom. The van der Waals surface area contributed by atoms with Crippen molar-refractivity contribution in [2.24, 2.45) is 0 Å². The Morgan fingerprint density at radius 1 is 1.53 bits per heavy atom. The summed E-state index contributed by atoms with van der Waals surface area (Å²) in [5, 5.41) is 9.46. The normalized spacial score (nSPS) is 11.6. The van der Waals surface area contributed by atoms with Crippen molar-refractivity contribution in [3.8, 4) is 5.75 Å². The van der Waals surface area contributed by atoms with Crippen LogP contribution in [0.15, 0.2) is 16.6 Å². The van der Waals surface area contributed by atoms with Gasteiger partial charge in [0, 0.05) is 6.07 Å². The van der Waals surface area contributed by atoms with E-state index in [9.17, 15) is 9.50 Å². The van der Waals surface area contributed by atoms with Crippen molar-refractivity contribution in [1.29, 1.82) is 0 Å². The summed E-state index contributed by atoms with van der Waals surface area (Å²) in [5.74, 6) is -0.232. The summed E-state index contributed by atoms with van der Waals surface area (Å²) < 4.78 is 18.9. The quantitative estimate of drug-likeness (QED) is 0.867. The molecule has 2 nitrogen and oxygen atoms in total. The predicted octanol–water partition coefficient (Wildman–Crippen LogP) is 3.39. The van der Waals surface area contributed by atoms with Crippen molar-refractivity contribution in [3.05, 3.63) is 27.4 Å². The maximum absolute atomic E-state index is 13.1. The molecule has 0 aromatic heterocycles. The lowest BCUT2D eigenvalue weighted by atomic mass is 10.2. The largest absolute Gasteiger partial charge is 0.489 e. The molecule has 1 N–H and O–H groups in total. The second kappa shape index (κ2) is 4.68. The highest BCUT2D eigenvalue weighted by Crippen LogP contribution is 2.30. The number of hydrogen-bond donors (Lipinski definition) is 1. The molecular weight excluding hydrogens is 286 g/mol. The molecular formula is C10H11BrClFO2. The van der Waals surface area contributed by atoms with Gasteiger partial charge in [-0.25, -0.2) is 4.39 Å². The molecule has 0 amide bonds. The summed E-state index contributed by atoms with van der Waals surface area (Å²) in [6, 6.07) is 2.59. The van der Waals surface area contributed by atoms with E-state index in [0.29, 0.717) is 10.2 Å². The molecule has 0 heterocycles. The summed E-state index contributed by atoms with van der Waals surface area (Å²) in [5.41, 5.74) is -0.963. The molecule has 15 heavy (non-hydrogen) atoms. The van der Waals surface area contributed by atoms with E-state index in [0.717, 1.165) is 0 Å². The summed E-state index contributed by atoms with van der Waals surface area (Å²) in [6.07, 6.45) is 0. The first-order chi connectivity index (χ1) is 6.79. The fourth-order valence-electron chi connectivity index (χ4n) is 0.869. The van der Waals surface area contributed by atoms with Gasteiger partial charge in [-0.2, -0.15) is 0 Å². The molecule has 0 aliphatic carbocycles. The third-order valence-electron chi connectivity index (χ3n) is 1.56. The first kappa shape index (κ1) is 12.7. The summed E-state index contributed by atoms with van der Waals surface area (Å²) in [7, 11) is 0. The standard InChI is InChI=1S/C10H11BrClFO2/c1-10(2,14)5-15-9-4-8(13)7(12)3-6(9)11/h3-4,14H,5H2,1-2H3. The molecule has 0 fully saturated rings. The molecule has 84 valence electrons. The van der Waals surface area contributed by atoms with Crippen LogP contribution in [-0.2, 0) is 0 Å². The second-order valence-electron chi connectivity index (χ2n) is 3.80. The van der Waals surface area contributed by atoms with Gasteiger partial charge in [-0.3, -0.25) is 0 Å². The number of ether oxygens (including phenoxy) is 1. The van der Waals surface area contributed by atoms with Gasteiger partial charge in [0.2, 0.25) is 0 Å². The molecule has 0 radical (unpaired) electrons. The number of halogens is 3. The highest BCUT2D eigenvalue weighted by Gasteiger charge is 2.15. The van der Waals surface area contributed by atoms with Crippen LogP contribution in [0.25, 0.3) is 0 Å². The van der Waals surface area contributed by atoms with Crippen molar-refractivity contribution in [2.75, 3.05) is 6.61 Å². The van der Waals surface area contributed by atoms with Gasteiger partial charge in [0.25, 0.3) is 0 Å². The number of rotatable bonds is 3. The Labute approximate surface area is 101 Å². The van der Waals surface area contributed by atoms with Gasteiger partial charge in [0.05, 0.1) is 15.1 Å². The Kier molecular flexibility index (Phi) is 3.98. The highest BCUT2D eigenvalue weighted by atomic mass is 79.9. The first-order valence-corrected chi connectivity index (χ1v) is 5.46. The van der Waals surface area contributed by atoms with E-state index in [1.807, 2.05) is 0 Å². The highest BCUT2D eigenvalue weighted by molar-refractivity contribution is 9.10. The van der Waals surface area contributed by atoms with E-state index in [4.69, 9.17) is 16.3 Å². The van der Waals surface area contributed by atoms with Crippen LogP contribution >= 0.6 is 27.5 Å². The van der Waals surface area contributed by atoms with Gasteiger partial charge in [0.1, 0.15) is 18.2 Å². The van der Waals surface area contributed by atoms with Gasteiger partial charge in [-0.1, -0.05) is 11.6 Å². The maximum Gasteiger partial charge on any atom is 0.145 e. The van der Waals surface area contributed by atoms with Gasteiger partial charge < -0.3 is 9.84 Å². The van der Waals surface area contributed by atoms with Crippen LogP contribution in [0, 0.1) is 5.82 Å². The van der Waals surface area contributed by atoms with Crippen LogP contribution in [0.2, 0.25) is 5.02 Å². The zero-order chi connectivity index (χ0) is 11.6. The summed E-state index contributed by atoms with van der Waals surface area (Å²) >= 11 is 8.76. The molecule has 5 heteroatoms. The monoisotopic (exact) mass is 296 g/mol. The predicted molar refractivity (Wildman–Crippen MR) is 60.9 cm³/mol. The summed E-state index contributed by atoms with van der Waals surface area (Å²) in [6.45, 7) is 3.28. The fourth-order valence-corrected chi connectivity index (χ4v) is 1.62. The topological polar surface area (TPSA) is 29.5 Å². The second-order valence-corrected chi connectivity index (χ2v) is 5.06. The molecule has 0 unspecified atom stereocenters. The lowest BCUT2D eigenvalue weighted by Gasteiger charge is -2.18. The Hall–Kier alpha value is -0.320. The SMILES string of the molecule is CC(C)(O)COc1cc(F)c(Cl)cc1Br. The minimum absolute atomic E-state index is 0.0254. The average Bonchev–Trinajstić information content (AvgIpc) is 2.07. The van der Waals surface area contributed by atoms with Crippen LogP contribution < -0.4 is 4.74 Å². The molecule has 0 spiro atoms. The van der Waals surface area contributed by atoms with Crippen LogP contribution in [0.3, 0.4) is 0 Å². The van der Waals surface area contributed by atoms with E-state index in [1.54, 1.807) is 13.8 Å². The molecule has 0 saturated heterocycles. The van der Waals surface area contributed by atoms with E-state index in [-0.39, 0.29) is 11.6 Å². The van der Waals surface area contributed by atoms with Crippen molar-refractivity contribution < 1.29 is 14.2 Å². The zero-order valence-corrected chi connectivity index (χ0v) is 10.7. The number of benzene rings is 1. The molecule has 0 saturated carbocycles. The molecule has 1 rings (SSSR count). The first-order valence-electron chi connectivity index (χ1n) is 4.29. The molecule has 1 aromatic rings. The van der Waals surface area contributed by atoms with Crippen molar-refractivity contribution in [3.63, 3.8) is 0 Å². The van der Waals surface area contributed by atoms with Crippen molar-refractivity contribution >= 4 is 27.5 Å². The van der Waals surface area contributed by atoms with E-state index >= 15 is 0 Å². The number of hydrogen-bond acceptors (Lipinski definition) is 2. The van der Waals surface area contributed by atoms with Crippen LogP contribution in [-0.4, -0.2) is 17.3 Å². The molecule has 1 aromatic carbocycles. The van der Waals surface area contributed by atoms with Gasteiger partial charge in [-0.05, 0) is 35.8 Å². The zero-order valence-electron chi connectivity index (χ0n) is 8.35. The van der Waals surface area contributed by atoms with E-state index < -0.39 is 11.4 Å². The third-order valence-corrected chi connectivity index (χ3v) is 2.47.